The van der Waals surface area contributed by atoms with E-state index in [-0.39, 0.29) is 6.10 Å². The van der Waals surface area contributed by atoms with Gasteiger partial charge < -0.3 is 10.5 Å². The largest absolute Gasteiger partial charge is 0.488 e. The van der Waals surface area contributed by atoms with Gasteiger partial charge in [0, 0.05) is 18.5 Å². The van der Waals surface area contributed by atoms with Gasteiger partial charge in [0.25, 0.3) is 0 Å². The monoisotopic (exact) mass is 253 g/mol. The molecule has 2 aromatic carbocycles. The molecule has 2 N–H and O–H groups in total. The summed E-state index contributed by atoms with van der Waals surface area (Å²) < 4.78 is 6.01. The molecule has 0 saturated carbocycles. The molecular formula is C17H19NO. The molecule has 98 valence electrons. The van der Waals surface area contributed by atoms with E-state index in [1.54, 1.807) is 0 Å². The Kier molecular flexibility index (Phi) is 3.03. The topological polar surface area (TPSA) is 35.2 Å². The highest BCUT2D eigenvalue weighted by molar-refractivity contribution is 5.74. The van der Waals surface area contributed by atoms with Crippen molar-refractivity contribution in [3.63, 3.8) is 0 Å². The molecule has 3 rings (SSSR count). The Morgan fingerprint density at radius 2 is 2.00 bits per heavy atom. The van der Waals surface area contributed by atoms with E-state index in [2.05, 4.69) is 50.2 Å². The Balaban J connectivity index is 2.13. The minimum absolute atomic E-state index is 0.125. The van der Waals surface area contributed by atoms with E-state index in [1.165, 1.54) is 27.8 Å². The van der Waals surface area contributed by atoms with Crippen LogP contribution in [-0.4, -0.2) is 12.6 Å². The maximum Gasteiger partial charge on any atom is 0.130 e. The lowest BCUT2D eigenvalue weighted by Crippen LogP contribution is -2.24. The highest BCUT2D eigenvalue weighted by Crippen LogP contribution is 2.39. The normalized spacial score (nSPS) is 17.1. The van der Waals surface area contributed by atoms with Gasteiger partial charge in [-0.25, -0.2) is 0 Å². The van der Waals surface area contributed by atoms with E-state index >= 15 is 0 Å². The predicted molar refractivity (Wildman–Crippen MR) is 78.5 cm³/mol. The SMILES string of the molecule is Cc1cccc(-c2cc(C)cc3c2OC(CN)C3)c1. The average molecular weight is 253 g/mol. The van der Waals surface area contributed by atoms with Crippen LogP contribution in [0.3, 0.4) is 0 Å². The zero-order valence-electron chi connectivity index (χ0n) is 11.4. The summed E-state index contributed by atoms with van der Waals surface area (Å²) in [4.78, 5) is 0. The first-order valence-corrected chi connectivity index (χ1v) is 6.74. The summed E-state index contributed by atoms with van der Waals surface area (Å²) in [5, 5.41) is 0. The summed E-state index contributed by atoms with van der Waals surface area (Å²) in [6.07, 6.45) is 1.05. The van der Waals surface area contributed by atoms with E-state index in [0.717, 1.165) is 12.2 Å². The summed E-state index contributed by atoms with van der Waals surface area (Å²) in [5.41, 5.74) is 12.0. The number of benzene rings is 2. The number of aryl methyl sites for hydroxylation is 2. The minimum atomic E-state index is 0.125. The third-order valence-electron chi connectivity index (χ3n) is 3.63. The van der Waals surface area contributed by atoms with Gasteiger partial charge in [-0.2, -0.15) is 0 Å². The number of hydrogen-bond donors (Lipinski definition) is 1. The van der Waals surface area contributed by atoms with Gasteiger partial charge in [0.05, 0.1) is 0 Å². The van der Waals surface area contributed by atoms with Crippen LogP contribution in [0.2, 0.25) is 0 Å². The molecule has 0 amide bonds. The number of ether oxygens (including phenoxy) is 1. The quantitative estimate of drug-likeness (QED) is 0.891. The first-order valence-electron chi connectivity index (χ1n) is 6.74. The fraction of sp³-hybridized carbons (Fsp3) is 0.294. The third kappa shape index (κ3) is 2.24. The summed E-state index contributed by atoms with van der Waals surface area (Å²) in [6, 6.07) is 13.0. The zero-order chi connectivity index (χ0) is 13.4. The average Bonchev–Trinajstić information content (AvgIpc) is 2.80. The summed E-state index contributed by atoms with van der Waals surface area (Å²) in [7, 11) is 0. The van der Waals surface area contributed by atoms with E-state index in [1.807, 2.05) is 0 Å². The van der Waals surface area contributed by atoms with Gasteiger partial charge in [-0.05, 0) is 36.6 Å². The van der Waals surface area contributed by atoms with Crippen molar-refractivity contribution < 1.29 is 4.74 Å². The molecule has 1 aliphatic rings. The van der Waals surface area contributed by atoms with Crippen molar-refractivity contribution in [3.8, 4) is 16.9 Å². The Hall–Kier alpha value is -1.80. The van der Waals surface area contributed by atoms with Crippen molar-refractivity contribution in [1.82, 2.24) is 0 Å². The fourth-order valence-corrected chi connectivity index (χ4v) is 2.75. The van der Waals surface area contributed by atoms with Crippen molar-refractivity contribution in [2.75, 3.05) is 6.54 Å². The van der Waals surface area contributed by atoms with Crippen LogP contribution in [0.5, 0.6) is 5.75 Å². The number of fused-ring (bicyclic) bond motifs is 1. The second-order valence-electron chi connectivity index (χ2n) is 5.35. The lowest BCUT2D eigenvalue weighted by molar-refractivity contribution is 0.242. The van der Waals surface area contributed by atoms with Crippen LogP contribution >= 0.6 is 0 Å². The fourth-order valence-electron chi connectivity index (χ4n) is 2.75. The molecule has 2 heteroatoms. The highest BCUT2D eigenvalue weighted by atomic mass is 16.5. The van der Waals surface area contributed by atoms with Crippen molar-refractivity contribution in [3.05, 3.63) is 53.1 Å². The highest BCUT2D eigenvalue weighted by Gasteiger charge is 2.25. The molecule has 1 unspecified atom stereocenters. The van der Waals surface area contributed by atoms with Gasteiger partial charge in [0.15, 0.2) is 0 Å². The molecule has 0 aromatic heterocycles. The smallest absolute Gasteiger partial charge is 0.130 e. The first-order chi connectivity index (χ1) is 9.17. The van der Waals surface area contributed by atoms with Crippen LogP contribution in [0.25, 0.3) is 11.1 Å². The second-order valence-corrected chi connectivity index (χ2v) is 5.35. The maximum absolute atomic E-state index is 6.01. The lowest BCUT2D eigenvalue weighted by Gasteiger charge is -2.12. The van der Waals surface area contributed by atoms with Crippen molar-refractivity contribution in [2.24, 2.45) is 5.73 Å². The molecule has 0 fully saturated rings. The van der Waals surface area contributed by atoms with Crippen molar-refractivity contribution >= 4 is 0 Å². The molecule has 0 bridgehead atoms. The summed E-state index contributed by atoms with van der Waals surface area (Å²) in [5.74, 6) is 1.02. The second kappa shape index (κ2) is 4.71. The van der Waals surface area contributed by atoms with E-state index in [0.29, 0.717) is 6.54 Å². The Bertz CT molecular complexity index is 619. The lowest BCUT2D eigenvalue weighted by atomic mass is 9.97. The molecule has 19 heavy (non-hydrogen) atoms. The summed E-state index contributed by atoms with van der Waals surface area (Å²) in [6.45, 7) is 4.82. The van der Waals surface area contributed by atoms with Crippen LogP contribution < -0.4 is 10.5 Å². The van der Waals surface area contributed by atoms with Gasteiger partial charge in [-0.1, -0.05) is 35.9 Å². The van der Waals surface area contributed by atoms with Gasteiger partial charge in [-0.3, -0.25) is 0 Å². The molecule has 1 atom stereocenters. The molecule has 2 aromatic rings. The third-order valence-corrected chi connectivity index (χ3v) is 3.63. The standard InChI is InChI=1S/C17H19NO/c1-11-4-3-5-13(6-11)16-8-12(2)7-14-9-15(10-18)19-17(14)16/h3-8,15H,9-10,18H2,1-2H3. The van der Waals surface area contributed by atoms with Gasteiger partial charge >= 0.3 is 0 Å². The van der Waals surface area contributed by atoms with Crippen LogP contribution in [0, 0.1) is 13.8 Å². The predicted octanol–water partition coefficient (Wildman–Crippen LogP) is 3.23. The van der Waals surface area contributed by atoms with Gasteiger partial charge in [-0.15, -0.1) is 0 Å². The molecule has 0 spiro atoms. The van der Waals surface area contributed by atoms with E-state index in [4.69, 9.17) is 10.5 Å². The first kappa shape index (κ1) is 12.2. The van der Waals surface area contributed by atoms with Gasteiger partial charge in [0.2, 0.25) is 0 Å². The van der Waals surface area contributed by atoms with Crippen LogP contribution in [0.15, 0.2) is 36.4 Å². The van der Waals surface area contributed by atoms with E-state index < -0.39 is 0 Å². The van der Waals surface area contributed by atoms with Crippen molar-refractivity contribution in [1.29, 1.82) is 0 Å². The van der Waals surface area contributed by atoms with Crippen LogP contribution in [-0.2, 0) is 6.42 Å². The summed E-state index contributed by atoms with van der Waals surface area (Å²) >= 11 is 0. The Morgan fingerprint density at radius 3 is 2.74 bits per heavy atom. The molecule has 0 aliphatic carbocycles. The molecular weight excluding hydrogens is 234 g/mol. The van der Waals surface area contributed by atoms with Crippen molar-refractivity contribution in [2.45, 2.75) is 26.4 Å². The van der Waals surface area contributed by atoms with Crippen LogP contribution in [0.4, 0.5) is 0 Å². The minimum Gasteiger partial charge on any atom is -0.488 e. The molecule has 0 saturated heterocycles. The molecule has 0 radical (unpaired) electrons. The van der Waals surface area contributed by atoms with Gasteiger partial charge in [0.1, 0.15) is 11.9 Å². The maximum atomic E-state index is 6.01. The number of nitrogens with two attached hydrogens (primary N) is 1. The Morgan fingerprint density at radius 1 is 1.16 bits per heavy atom. The Labute approximate surface area is 114 Å². The molecule has 1 aliphatic heterocycles. The molecule has 2 nitrogen and oxygen atoms in total. The molecule has 1 heterocycles. The zero-order valence-corrected chi connectivity index (χ0v) is 11.4. The van der Waals surface area contributed by atoms with Crippen LogP contribution in [0.1, 0.15) is 16.7 Å². The number of rotatable bonds is 2. The number of hydrogen-bond acceptors (Lipinski definition) is 2. The van der Waals surface area contributed by atoms with E-state index in [9.17, 15) is 0 Å².